The van der Waals surface area contributed by atoms with E-state index in [-0.39, 0.29) is 17.6 Å². The average Bonchev–Trinajstić information content (AvgIpc) is 2.76. The van der Waals surface area contributed by atoms with Crippen LogP contribution in [-0.2, 0) is 28.8 Å². The number of carbonyl (C=O) groups is 5. The molecule has 112 valence electrons. The van der Waals surface area contributed by atoms with Crippen molar-refractivity contribution in [3.63, 3.8) is 0 Å². The molecule has 0 aromatic rings. The molecule has 0 N–H and O–H groups in total. The molecule has 0 spiro atoms. The fourth-order valence-electron chi connectivity index (χ4n) is 2.07. The van der Waals surface area contributed by atoms with Crippen molar-refractivity contribution in [2.24, 2.45) is 5.92 Å². The predicted molar refractivity (Wildman–Crippen MR) is 66.8 cm³/mol. The molecular weight excluding hydrogens is 280 g/mol. The first-order chi connectivity index (χ1) is 9.73. The van der Waals surface area contributed by atoms with E-state index < -0.39 is 42.1 Å². The first-order valence-electron chi connectivity index (χ1n) is 6.35. The van der Waals surface area contributed by atoms with Gasteiger partial charge in [0.1, 0.15) is 6.54 Å². The molecule has 1 fully saturated rings. The van der Waals surface area contributed by atoms with Gasteiger partial charge in [0.15, 0.2) is 0 Å². The molecule has 0 aliphatic carbocycles. The van der Waals surface area contributed by atoms with Gasteiger partial charge in [0.25, 0.3) is 23.6 Å². The molecule has 4 amide bonds. The summed E-state index contributed by atoms with van der Waals surface area (Å²) in [5.74, 6) is -3.96. The Morgan fingerprint density at radius 2 is 1.67 bits per heavy atom. The molecule has 8 heteroatoms. The number of hydrogen-bond donors (Lipinski definition) is 0. The fourth-order valence-corrected chi connectivity index (χ4v) is 2.07. The number of carbonyl (C=O) groups excluding carboxylic acids is 5. The summed E-state index contributed by atoms with van der Waals surface area (Å²) in [5, 5.41) is 0.394. The number of hydroxylamine groups is 2. The Morgan fingerprint density at radius 3 is 2.10 bits per heavy atom. The molecule has 2 aliphatic heterocycles. The lowest BCUT2D eigenvalue weighted by atomic mass is 10.1. The largest absolute Gasteiger partial charge is 0.352 e. The minimum absolute atomic E-state index is 0.0343. The molecule has 0 aromatic heterocycles. The molecule has 8 nitrogen and oxygen atoms in total. The van der Waals surface area contributed by atoms with Gasteiger partial charge in [0.2, 0.25) is 0 Å². The van der Waals surface area contributed by atoms with E-state index in [1.54, 1.807) is 0 Å². The highest BCUT2D eigenvalue weighted by atomic mass is 16.7. The summed E-state index contributed by atoms with van der Waals surface area (Å²) in [4.78, 5) is 63.7. The molecule has 2 heterocycles. The van der Waals surface area contributed by atoms with Crippen LogP contribution in [0.25, 0.3) is 0 Å². The van der Waals surface area contributed by atoms with Gasteiger partial charge in [-0.1, -0.05) is 6.92 Å². The van der Waals surface area contributed by atoms with E-state index in [1.807, 2.05) is 0 Å². The van der Waals surface area contributed by atoms with Crippen LogP contribution in [-0.4, -0.2) is 46.1 Å². The Labute approximate surface area is 120 Å². The summed E-state index contributed by atoms with van der Waals surface area (Å²) >= 11 is 0. The second kappa shape index (κ2) is 5.12. The Bertz CT molecular complexity index is 582. The van der Waals surface area contributed by atoms with Crippen LogP contribution in [0.15, 0.2) is 11.1 Å². The lowest BCUT2D eigenvalue weighted by Gasteiger charge is -2.17. The molecule has 1 saturated heterocycles. The smallest absolute Gasteiger partial charge is 0.328 e. The van der Waals surface area contributed by atoms with Crippen molar-refractivity contribution < 1.29 is 28.8 Å². The molecule has 1 atom stereocenters. The number of hydrogen-bond acceptors (Lipinski definition) is 6. The lowest BCUT2D eigenvalue weighted by molar-refractivity contribution is -0.198. The minimum Gasteiger partial charge on any atom is -0.328 e. The number of rotatable bonds is 3. The molecule has 0 aromatic carbocycles. The minimum atomic E-state index is -1.02. The van der Waals surface area contributed by atoms with Crippen LogP contribution in [0.4, 0.5) is 0 Å². The topological polar surface area (TPSA) is 101 Å². The van der Waals surface area contributed by atoms with E-state index in [1.165, 1.54) is 20.8 Å². The third-order valence-electron chi connectivity index (χ3n) is 3.50. The standard InChI is InChI=1S/C13H14N2O6/c1-6-4-9(16)15(11(6)18)21-10(17)5-14-12(19)7(2)8(3)13(14)20/h6H,4-5H2,1-3H3. The number of amides is 4. The van der Waals surface area contributed by atoms with Crippen molar-refractivity contribution in [2.75, 3.05) is 6.54 Å². The molecule has 0 saturated carbocycles. The summed E-state index contributed by atoms with van der Waals surface area (Å²) in [6, 6.07) is 0. The molecule has 21 heavy (non-hydrogen) atoms. The zero-order valence-corrected chi connectivity index (χ0v) is 11.8. The normalized spacial score (nSPS) is 22.7. The van der Waals surface area contributed by atoms with Crippen LogP contribution in [0.1, 0.15) is 27.2 Å². The predicted octanol–water partition coefficient (Wildman–Crippen LogP) is -0.455. The van der Waals surface area contributed by atoms with Crippen molar-refractivity contribution in [2.45, 2.75) is 27.2 Å². The van der Waals surface area contributed by atoms with E-state index >= 15 is 0 Å². The highest BCUT2D eigenvalue weighted by molar-refractivity contribution is 6.19. The van der Waals surface area contributed by atoms with E-state index in [0.29, 0.717) is 5.06 Å². The molecule has 2 aliphatic rings. The second-order valence-electron chi connectivity index (χ2n) is 5.04. The van der Waals surface area contributed by atoms with E-state index in [2.05, 4.69) is 4.84 Å². The summed E-state index contributed by atoms with van der Waals surface area (Å²) in [7, 11) is 0. The van der Waals surface area contributed by atoms with Gasteiger partial charge in [0.05, 0.1) is 0 Å². The van der Waals surface area contributed by atoms with Gasteiger partial charge in [-0.2, -0.15) is 0 Å². The third-order valence-corrected chi connectivity index (χ3v) is 3.50. The first-order valence-corrected chi connectivity index (χ1v) is 6.35. The third kappa shape index (κ3) is 2.44. The summed E-state index contributed by atoms with van der Waals surface area (Å²) in [5.41, 5.74) is 0.518. The quantitative estimate of drug-likeness (QED) is 0.653. The maximum absolute atomic E-state index is 11.8. The highest BCUT2D eigenvalue weighted by Crippen LogP contribution is 2.21. The van der Waals surface area contributed by atoms with Crippen LogP contribution in [0, 0.1) is 5.92 Å². The molecule has 0 radical (unpaired) electrons. The van der Waals surface area contributed by atoms with Crippen molar-refractivity contribution in [1.82, 2.24) is 9.96 Å². The van der Waals surface area contributed by atoms with E-state index in [0.717, 1.165) is 4.90 Å². The molecular formula is C13H14N2O6. The van der Waals surface area contributed by atoms with Crippen molar-refractivity contribution >= 4 is 29.6 Å². The van der Waals surface area contributed by atoms with Crippen LogP contribution in [0.3, 0.4) is 0 Å². The maximum Gasteiger partial charge on any atom is 0.352 e. The zero-order valence-electron chi connectivity index (χ0n) is 11.8. The lowest BCUT2D eigenvalue weighted by Crippen LogP contribution is -2.41. The van der Waals surface area contributed by atoms with Crippen molar-refractivity contribution in [3.8, 4) is 0 Å². The van der Waals surface area contributed by atoms with Gasteiger partial charge in [-0.3, -0.25) is 24.1 Å². The van der Waals surface area contributed by atoms with Gasteiger partial charge < -0.3 is 4.84 Å². The summed E-state index contributed by atoms with van der Waals surface area (Å²) in [6.45, 7) is 3.86. The zero-order chi connectivity index (χ0) is 15.9. The SMILES string of the molecule is CC1=C(C)C(=O)N(CC(=O)ON2C(=O)CC(C)C2=O)C1=O. The van der Waals surface area contributed by atoms with Crippen molar-refractivity contribution in [1.29, 1.82) is 0 Å². The van der Waals surface area contributed by atoms with Crippen LogP contribution in [0.5, 0.6) is 0 Å². The molecule has 2 rings (SSSR count). The summed E-state index contributed by atoms with van der Waals surface area (Å²) < 4.78 is 0. The van der Waals surface area contributed by atoms with E-state index in [9.17, 15) is 24.0 Å². The average molecular weight is 294 g/mol. The van der Waals surface area contributed by atoms with E-state index in [4.69, 9.17) is 0 Å². The Kier molecular flexibility index (Phi) is 3.63. The van der Waals surface area contributed by atoms with Gasteiger partial charge >= 0.3 is 5.97 Å². The Morgan fingerprint density at radius 1 is 1.14 bits per heavy atom. The highest BCUT2D eigenvalue weighted by Gasteiger charge is 2.40. The molecule has 1 unspecified atom stereocenters. The van der Waals surface area contributed by atoms with Gasteiger partial charge in [-0.25, -0.2) is 4.79 Å². The van der Waals surface area contributed by atoms with Crippen LogP contribution >= 0.6 is 0 Å². The Hall–Kier alpha value is -2.51. The van der Waals surface area contributed by atoms with Gasteiger partial charge in [-0.05, 0) is 13.8 Å². The van der Waals surface area contributed by atoms with Gasteiger partial charge in [-0.15, -0.1) is 5.06 Å². The monoisotopic (exact) mass is 294 g/mol. The van der Waals surface area contributed by atoms with Gasteiger partial charge in [0, 0.05) is 23.5 Å². The maximum atomic E-state index is 11.8. The number of nitrogens with zero attached hydrogens (tertiary/aromatic N) is 2. The fraction of sp³-hybridized carbons (Fsp3) is 0.462. The van der Waals surface area contributed by atoms with Crippen LogP contribution < -0.4 is 0 Å². The second-order valence-corrected chi connectivity index (χ2v) is 5.04. The number of imide groups is 2. The Balaban J connectivity index is 2.01. The first kappa shape index (κ1) is 14.9. The van der Waals surface area contributed by atoms with Crippen molar-refractivity contribution in [3.05, 3.63) is 11.1 Å². The van der Waals surface area contributed by atoms with Crippen LogP contribution in [0.2, 0.25) is 0 Å². The summed E-state index contributed by atoms with van der Waals surface area (Å²) in [6.07, 6.45) is -0.0343. The molecule has 0 bridgehead atoms.